The van der Waals surface area contributed by atoms with E-state index in [-0.39, 0.29) is 17.3 Å². The summed E-state index contributed by atoms with van der Waals surface area (Å²) >= 11 is 1.01. The van der Waals surface area contributed by atoms with Crippen LogP contribution in [0.5, 0.6) is 0 Å². The van der Waals surface area contributed by atoms with E-state index in [2.05, 4.69) is 20.9 Å². The van der Waals surface area contributed by atoms with Gasteiger partial charge in [0.1, 0.15) is 0 Å². The number of allylic oxidation sites excluding steroid dienone is 1. The van der Waals surface area contributed by atoms with Gasteiger partial charge in [0, 0.05) is 25.0 Å². The third-order valence-corrected chi connectivity index (χ3v) is 6.70. The van der Waals surface area contributed by atoms with Crippen molar-refractivity contribution in [3.8, 4) is 0 Å². The monoisotopic (exact) mass is 422 g/mol. The highest BCUT2D eigenvalue weighted by molar-refractivity contribution is 8.18. The molecule has 0 radical (unpaired) electrons. The molecule has 1 aromatic heterocycles. The number of piperidine rings is 1. The highest BCUT2D eigenvalue weighted by Gasteiger charge is 2.26. The number of nitrogens with zero attached hydrogens (tertiary/aromatic N) is 3. The molecule has 2 saturated heterocycles. The molecule has 3 heterocycles. The number of ketones is 1. The van der Waals surface area contributed by atoms with E-state index in [1.807, 2.05) is 18.2 Å². The van der Waals surface area contributed by atoms with Crippen molar-refractivity contribution in [3.63, 3.8) is 0 Å². The quantitative estimate of drug-likeness (QED) is 0.429. The van der Waals surface area contributed by atoms with Gasteiger partial charge in [-0.3, -0.25) is 9.59 Å². The lowest BCUT2D eigenvalue weighted by molar-refractivity contribution is -0.119. The standard InChI is InChI=1S/C23H26N4O2S/c24-19-7-2-1-5-17(19)6-3-4-16-9-12-27(13-10-16)23-25-11-8-18(26-23)14-21-20(28)15-22(29)30-21/h1-2,5,7-8,11,14,16H,3-4,6,9-10,12-13,15,24H2/b21-14-. The van der Waals surface area contributed by atoms with Crippen molar-refractivity contribution in [1.82, 2.24) is 9.97 Å². The topological polar surface area (TPSA) is 89.2 Å². The SMILES string of the molecule is Nc1ccccc1CCCC1CCN(c2nccc(/C=C3\SC(=O)CC3=O)n2)CC1. The van der Waals surface area contributed by atoms with Crippen LogP contribution >= 0.6 is 11.8 Å². The first-order valence-electron chi connectivity index (χ1n) is 10.5. The minimum Gasteiger partial charge on any atom is -0.399 e. The molecule has 0 unspecified atom stereocenters. The molecular weight excluding hydrogens is 396 g/mol. The van der Waals surface area contributed by atoms with Gasteiger partial charge in [-0.1, -0.05) is 18.2 Å². The zero-order chi connectivity index (χ0) is 20.9. The maximum atomic E-state index is 11.8. The van der Waals surface area contributed by atoms with Gasteiger partial charge in [-0.15, -0.1) is 0 Å². The third-order valence-electron chi connectivity index (χ3n) is 5.76. The highest BCUT2D eigenvalue weighted by Crippen LogP contribution is 2.31. The predicted molar refractivity (Wildman–Crippen MR) is 121 cm³/mol. The van der Waals surface area contributed by atoms with Crippen molar-refractivity contribution < 1.29 is 9.59 Å². The molecule has 0 aliphatic carbocycles. The van der Waals surface area contributed by atoms with Crippen LogP contribution in [0.1, 0.15) is 43.4 Å². The number of aryl methyl sites for hydroxylation is 1. The lowest BCUT2D eigenvalue weighted by atomic mass is 9.90. The minimum atomic E-state index is -0.122. The van der Waals surface area contributed by atoms with E-state index in [0.717, 1.165) is 62.1 Å². The molecule has 2 aromatic rings. The average Bonchev–Trinajstić information content (AvgIpc) is 3.07. The second-order valence-electron chi connectivity index (χ2n) is 7.89. The Kier molecular flexibility index (Phi) is 6.47. The molecule has 7 heteroatoms. The van der Waals surface area contributed by atoms with Gasteiger partial charge in [0.05, 0.1) is 17.0 Å². The van der Waals surface area contributed by atoms with Crippen molar-refractivity contribution in [2.24, 2.45) is 5.92 Å². The number of anilines is 2. The van der Waals surface area contributed by atoms with E-state index in [9.17, 15) is 9.59 Å². The maximum Gasteiger partial charge on any atom is 0.225 e. The second kappa shape index (κ2) is 9.43. The number of benzene rings is 1. The summed E-state index contributed by atoms with van der Waals surface area (Å²) in [5.41, 5.74) is 8.85. The number of Topliss-reactive ketones (excluding diaryl/α,β-unsaturated/α-hetero) is 1. The Hall–Kier alpha value is -2.67. The summed E-state index contributed by atoms with van der Waals surface area (Å²) in [6, 6.07) is 9.89. The normalized spacial score (nSPS) is 19.1. The fourth-order valence-electron chi connectivity index (χ4n) is 4.04. The minimum absolute atomic E-state index is 0.0151. The first-order chi connectivity index (χ1) is 14.6. The van der Waals surface area contributed by atoms with Crippen LogP contribution in [0, 0.1) is 5.92 Å². The van der Waals surface area contributed by atoms with Gasteiger partial charge >= 0.3 is 0 Å². The summed E-state index contributed by atoms with van der Waals surface area (Å²) in [7, 11) is 0. The number of aromatic nitrogens is 2. The number of carbonyl (C=O) groups excluding carboxylic acids is 2. The van der Waals surface area contributed by atoms with E-state index in [1.54, 1.807) is 18.3 Å². The smallest absolute Gasteiger partial charge is 0.225 e. The van der Waals surface area contributed by atoms with Crippen LogP contribution in [0.15, 0.2) is 41.4 Å². The number of para-hydroxylation sites is 1. The Morgan fingerprint density at radius 1 is 1.17 bits per heavy atom. The van der Waals surface area contributed by atoms with E-state index >= 15 is 0 Å². The average molecular weight is 423 g/mol. The molecule has 156 valence electrons. The first-order valence-corrected chi connectivity index (χ1v) is 11.3. The maximum absolute atomic E-state index is 11.8. The Morgan fingerprint density at radius 2 is 1.97 bits per heavy atom. The molecule has 2 aliphatic rings. The molecule has 0 spiro atoms. The lowest BCUT2D eigenvalue weighted by Gasteiger charge is -2.32. The number of hydrogen-bond acceptors (Lipinski definition) is 7. The Bertz CT molecular complexity index is 967. The van der Waals surface area contributed by atoms with E-state index < -0.39 is 0 Å². The van der Waals surface area contributed by atoms with Crippen molar-refractivity contribution in [2.45, 2.75) is 38.5 Å². The summed E-state index contributed by atoms with van der Waals surface area (Å²) in [4.78, 5) is 35.0. The summed E-state index contributed by atoms with van der Waals surface area (Å²) < 4.78 is 0. The summed E-state index contributed by atoms with van der Waals surface area (Å²) in [5.74, 6) is 1.29. The fraction of sp³-hybridized carbons (Fsp3) is 0.391. The van der Waals surface area contributed by atoms with Crippen molar-refractivity contribution in [2.75, 3.05) is 23.7 Å². The first kappa shape index (κ1) is 20.6. The molecule has 0 atom stereocenters. The molecule has 0 amide bonds. The molecule has 0 bridgehead atoms. The van der Waals surface area contributed by atoms with Crippen LogP contribution in [0.4, 0.5) is 11.6 Å². The van der Waals surface area contributed by atoms with Gasteiger partial charge in [0.15, 0.2) is 5.78 Å². The lowest BCUT2D eigenvalue weighted by Crippen LogP contribution is -2.35. The molecule has 6 nitrogen and oxygen atoms in total. The van der Waals surface area contributed by atoms with Crippen LogP contribution in [0.25, 0.3) is 6.08 Å². The second-order valence-corrected chi connectivity index (χ2v) is 8.98. The van der Waals surface area contributed by atoms with E-state index in [0.29, 0.717) is 16.5 Å². The van der Waals surface area contributed by atoms with E-state index in [4.69, 9.17) is 5.73 Å². The highest BCUT2D eigenvalue weighted by atomic mass is 32.2. The Labute approximate surface area is 181 Å². The van der Waals surface area contributed by atoms with Crippen molar-refractivity contribution in [1.29, 1.82) is 0 Å². The number of nitrogen functional groups attached to an aromatic ring is 1. The van der Waals surface area contributed by atoms with Crippen LogP contribution < -0.4 is 10.6 Å². The van der Waals surface area contributed by atoms with Crippen LogP contribution in [0.2, 0.25) is 0 Å². The van der Waals surface area contributed by atoms with Gasteiger partial charge in [0.25, 0.3) is 0 Å². The number of hydrogen-bond donors (Lipinski definition) is 1. The zero-order valence-corrected chi connectivity index (χ0v) is 17.7. The fourth-order valence-corrected chi connectivity index (χ4v) is 4.85. The molecule has 2 aliphatic heterocycles. The van der Waals surface area contributed by atoms with Gasteiger partial charge in [-0.2, -0.15) is 0 Å². The molecule has 4 rings (SSSR count). The van der Waals surface area contributed by atoms with Gasteiger partial charge in [-0.05, 0) is 73.6 Å². The van der Waals surface area contributed by atoms with Crippen LogP contribution in [0.3, 0.4) is 0 Å². The molecule has 30 heavy (non-hydrogen) atoms. The van der Waals surface area contributed by atoms with Crippen LogP contribution in [-0.4, -0.2) is 34.0 Å². The Morgan fingerprint density at radius 3 is 2.70 bits per heavy atom. The zero-order valence-electron chi connectivity index (χ0n) is 16.9. The summed E-state index contributed by atoms with van der Waals surface area (Å²) in [6.45, 7) is 1.87. The molecule has 1 aromatic carbocycles. The number of rotatable bonds is 6. The van der Waals surface area contributed by atoms with Crippen molar-refractivity contribution >= 4 is 40.4 Å². The van der Waals surface area contributed by atoms with Crippen molar-refractivity contribution in [3.05, 3.63) is 52.7 Å². The molecule has 0 saturated carbocycles. The molecule has 2 N–H and O–H groups in total. The Balaban J connectivity index is 1.29. The number of carbonyl (C=O) groups is 2. The van der Waals surface area contributed by atoms with Crippen LogP contribution in [-0.2, 0) is 16.0 Å². The number of nitrogens with two attached hydrogens (primary N) is 1. The summed E-state index contributed by atoms with van der Waals surface area (Å²) in [6.07, 6.45) is 9.06. The van der Waals surface area contributed by atoms with Gasteiger partial charge in [0.2, 0.25) is 11.1 Å². The van der Waals surface area contributed by atoms with Gasteiger partial charge < -0.3 is 10.6 Å². The van der Waals surface area contributed by atoms with E-state index in [1.165, 1.54) is 12.0 Å². The predicted octanol–water partition coefficient (Wildman–Crippen LogP) is 3.87. The third kappa shape index (κ3) is 5.08. The number of thioether (sulfide) groups is 1. The molecule has 2 fully saturated rings. The largest absolute Gasteiger partial charge is 0.399 e. The molecular formula is C23H26N4O2S. The summed E-state index contributed by atoms with van der Waals surface area (Å²) in [5, 5.41) is -0.0995. The van der Waals surface area contributed by atoms with Gasteiger partial charge in [-0.25, -0.2) is 9.97 Å².